The van der Waals surface area contributed by atoms with Gasteiger partial charge in [-0.3, -0.25) is 0 Å². The molecule has 1 aliphatic carbocycles. The summed E-state index contributed by atoms with van der Waals surface area (Å²) in [5.74, 6) is 2.97. The van der Waals surface area contributed by atoms with Gasteiger partial charge in [0.1, 0.15) is 17.2 Å². The Bertz CT molecular complexity index is 615. The number of halogens is 1. The normalized spacial score (nSPS) is 17.4. The predicted molar refractivity (Wildman–Crippen MR) is 88.4 cm³/mol. The maximum Gasteiger partial charge on any atom is 0.152 e. The molecule has 0 bridgehead atoms. The number of hydrogen-bond acceptors (Lipinski definition) is 3. The average molecular weight is 320 g/mol. The number of aromatic nitrogens is 1. The first-order valence-electron chi connectivity index (χ1n) is 7.94. The second-order valence-electron chi connectivity index (χ2n) is 6.01. The van der Waals surface area contributed by atoms with Gasteiger partial charge in [-0.25, -0.2) is 4.98 Å². The number of rotatable bonds is 4. The van der Waals surface area contributed by atoms with Crippen molar-refractivity contribution in [3.05, 3.63) is 35.7 Å². The third-order valence-corrected chi connectivity index (χ3v) is 5.13. The number of furan rings is 1. The van der Waals surface area contributed by atoms with Gasteiger partial charge in [0.15, 0.2) is 5.76 Å². The van der Waals surface area contributed by atoms with Crippen LogP contribution in [0.1, 0.15) is 48.8 Å². The van der Waals surface area contributed by atoms with E-state index in [1.807, 2.05) is 19.1 Å². The van der Waals surface area contributed by atoms with Crippen LogP contribution in [0.15, 0.2) is 28.8 Å². The van der Waals surface area contributed by atoms with Gasteiger partial charge in [-0.05, 0) is 43.9 Å². The Hall–Kier alpha value is -1.48. The van der Waals surface area contributed by atoms with E-state index in [2.05, 4.69) is 11.1 Å². The zero-order chi connectivity index (χ0) is 15.5. The lowest BCUT2D eigenvalue weighted by atomic mass is 9.84. The molecule has 0 N–H and O–H groups in total. The summed E-state index contributed by atoms with van der Waals surface area (Å²) in [5.41, 5.74) is 1.92. The molecule has 0 radical (unpaired) electrons. The monoisotopic (exact) mass is 319 g/mol. The van der Waals surface area contributed by atoms with E-state index in [9.17, 15) is 0 Å². The molecular weight excluding hydrogens is 298 g/mol. The minimum Gasteiger partial charge on any atom is -0.495 e. The Kier molecular flexibility index (Phi) is 4.72. The maximum absolute atomic E-state index is 6.74. The Morgan fingerprint density at radius 1 is 1.27 bits per heavy atom. The van der Waals surface area contributed by atoms with Crippen molar-refractivity contribution < 1.29 is 9.15 Å². The molecule has 0 saturated heterocycles. The predicted octanol–water partition coefficient (Wildman–Crippen LogP) is 5.52. The average Bonchev–Trinajstić information content (AvgIpc) is 2.97. The van der Waals surface area contributed by atoms with Crippen LogP contribution in [0.25, 0.3) is 11.5 Å². The van der Waals surface area contributed by atoms with Crippen molar-refractivity contribution in [3.8, 4) is 17.2 Å². The molecule has 1 saturated carbocycles. The van der Waals surface area contributed by atoms with E-state index >= 15 is 0 Å². The zero-order valence-corrected chi connectivity index (χ0v) is 13.9. The summed E-state index contributed by atoms with van der Waals surface area (Å²) in [5, 5.41) is 0.0380. The maximum atomic E-state index is 6.74. The zero-order valence-electron chi connectivity index (χ0n) is 13.1. The molecule has 1 unspecified atom stereocenters. The molecular formula is C18H22ClNO2. The number of ether oxygens (including phenoxy) is 1. The second kappa shape index (κ2) is 6.74. The molecule has 1 atom stereocenters. The van der Waals surface area contributed by atoms with Crippen molar-refractivity contribution in [1.29, 1.82) is 0 Å². The summed E-state index contributed by atoms with van der Waals surface area (Å²) < 4.78 is 11.0. The van der Waals surface area contributed by atoms with Crippen LogP contribution in [0, 0.1) is 12.8 Å². The largest absolute Gasteiger partial charge is 0.495 e. The highest BCUT2D eigenvalue weighted by Gasteiger charge is 2.26. The molecule has 3 rings (SSSR count). The molecule has 2 aromatic rings. The third-order valence-electron chi connectivity index (χ3n) is 4.54. The van der Waals surface area contributed by atoms with Crippen LogP contribution < -0.4 is 4.74 Å². The lowest BCUT2D eigenvalue weighted by Crippen LogP contribution is -2.12. The fourth-order valence-electron chi connectivity index (χ4n) is 3.22. The Balaban J connectivity index is 1.82. The second-order valence-corrected chi connectivity index (χ2v) is 6.48. The van der Waals surface area contributed by atoms with Gasteiger partial charge in [0.25, 0.3) is 0 Å². The van der Waals surface area contributed by atoms with E-state index in [4.69, 9.17) is 20.8 Å². The molecule has 118 valence electrons. The van der Waals surface area contributed by atoms with Crippen molar-refractivity contribution >= 4 is 11.6 Å². The van der Waals surface area contributed by atoms with E-state index in [0.29, 0.717) is 5.92 Å². The Labute approximate surface area is 136 Å². The molecule has 3 nitrogen and oxygen atoms in total. The lowest BCUT2D eigenvalue weighted by molar-refractivity contribution is 0.346. The van der Waals surface area contributed by atoms with Crippen molar-refractivity contribution in [2.45, 2.75) is 44.4 Å². The van der Waals surface area contributed by atoms with Gasteiger partial charge in [0.05, 0.1) is 18.7 Å². The first kappa shape index (κ1) is 15.4. The van der Waals surface area contributed by atoms with Gasteiger partial charge in [-0.1, -0.05) is 19.3 Å². The van der Waals surface area contributed by atoms with Gasteiger partial charge < -0.3 is 9.15 Å². The SMILES string of the molecule is COc1ccc(-c2cc(C(Cl)C3CCCCC3)c(C)o2)nc1. The highest BCUT2D eigenvalue weighted by atomic mass is 35.5. The highest BCUT2D eigenvalue weighted by Crippen LogP contribution is 2.41. The minimum absolute atomic E-state index is 0.0380. The van der Waals surface area contributed by atoms with Crippen LogP contribution in [0.4, 0.5) is 0 Å². The molecule has 22 heavy (non-hydrogen) atoms. The highest BCUT2D eigenvalue weighted by molar-refractivity contribution is 6.21. The van der Waals surface area contributed by atoms with Gasteiger partial charge in [0, 0.05) is 5.56 Å². The number of aryl methyl sites for hydroxylation is 1. The summed E-state index contributed by atoms with van der Waals surface area (Å²) in [6, 6.07) is 5.85. The van der Waals surface area contributed by atoms with Crippen LogP contribution in [-0.4, -0.2) is 12.1 Å². The quantitative estimate of drug-likeness (QED) is 0.696. The molecule has 2 heterocycles. The molecule has 0 amide bonds. The van der Waals surface area contributed by atoms with Crippen LogP contribution in [0.2, 0.25) is 0 Å². The van der Waals surface area contributed by atoms with E-state index in [1.54, 1.807) is 13.3 Å². The standard InChI is InChI=1S/C18H22ClNO2/c1-12-15(18(19)13-6-4-3-5-7-13)10-17(22-12)16-9-8-14(21-2)11-20-16/h8-11,13,18H,3-7H2,1-2H3. The molecule has 0 aromatic carbocycles. The Morgan fingerprint density at radius 2 is 2.05 bits per heavy atom. The number of pyridine rings is 1. The van der Waals surface area contributed by atoms with Crippen LogP contribution in [-0.2, 0) is 0 Å². The fourth-order valence-corrected chi connectivity index (χ4v) is 3.69. The smallest absolute Gasteiger partial charge is 0.152 e. The first-order valence-corrected chi connectivity index (χ1v) is 8.37. The summed E-state index contributed by atoms with van der Waals surface area (Å²) in [7, 11) is 1.63. The molecule has 0 aliphatic heterocycles. The molecule has 2 aromatic heterocycles. The summed E-state index contributed by atoms with van der Waals surface area (Å²) in [4.78, 5) is 4.38. The molecule has 4 heteroatoms. The first-order chi connectivity index (χ1) is 10.7. The summed E-state index contributed by atoms with van der Waals surface area (Å²) >= 11 is 6.74. The van der Waals surface area contributed by atoms with Gasteiger partial charge in [-0.2, -0.15) is 0 Å². The molecule has 1 aliphatic rings. The van der Waals surface area contributed by atoms with E-state index in [0.717, 1.165) is 28.5 Å². The topological polar surface area (TPSA) is 35.3 Å². The van der Waals surface area contributed by atoms with Crippen LogP contribution >= 0.6 is 11.6 Å². The minimum atomic E-state index is 0.0380. The van der Waals surface area contributed by atoms with E-state index in [1.165, 1.54) is 32.1 Å². The number of methoxy groups -OCH3 is 1. The van der Waals surface area contributed by atoms with Gasteiger partial charge in [0.2, 0.25) is 0 Å². The summed E-state index contributed by atoms with van der Waals surface area (Å²) in [6.07, 6.45) is 8.05. The Morgan fingerprint density at radius 3 is 2.68 bits per heavy atom. The van der Waals surface area contributed by atoms with Crippen LogP contribution in [0.5, 0.6) is 5.75 Å². The van der Waals surface area contributed by atoms with E-state index < -0.39 is 0 Å². The summed E-state index contributed by atoms with van der Waals surface area (Å²) in [6.45, 7) is 1.99. The number of alkyl halides is 1. The van der Waals surface area contributed by atoms with Crippen molar-refractivity contribution in [2.24, 2.45) is 5.92 Å². The van der Waals surface area contributed by atoms with E-state index in [-0.39, 0.29) is 5.38 Å². The van der Waals surface area contributed by atoms with Crippen LogP contribution in [0.3, 0.4) is 0 Å². The third kappa shape index (κ3) is 3.14. The van der Waals surface area contributed by atoms with Gasteiger partial charge in [-0.15, -0.1) is 11.6 Å². The number of hydrogen-bond donors (Lipinski definition) is 0. The number of nitrogens with zero attached hydrogens (tertiary/aromatic N) is 1. The molecule has 1 fully saturated rings. The van der Waals surface area contributed by atoms with Crippen molar-refractivity contribution in [3.63, 3.8) is 0 Å². The lowest BCUT2D eigenvalue weighted by Gasteiger charge is -2.25. The van der Waals surface area contributed by atoms with Crippen molar-refractivity contribution in [1.82, 2.24) is 4.98 Å². The van der Waals surface area contributed by atoms with Crippen molar-refractivity contribution in [2.75, 3.05) is 7.11 Å². The fraction of sp³-hybridized carbons (Fsp3) is 0.500. The molecule has 0 spiro atoms. The van der Waals surface area contributed by atoms with Gasteiger partial charge >= 0.3 is 0 Å².